The first kappa shape index (κ1) is 18.4. The number of hydrogen-bond acceptors (Lipinski definition) is 2. The topological polar surface area (TPSA) is 40.6 Å². The maximum atomic E-state index is 14.0. The standard InChI is InChI=1S/C25H28N2O2/c1-16-13-17(2)15-26(14-16)25(29)22-20-9-5-6-10-21(20)24(28)27-12-11-18-7-3-4-8-19(18)23(22)27/h3-10,16-17,22-23H,11-15H2,1-2H3/t16-,17+,22-,23-/m1/s1. The molecule has 4 heteroatoms. The Kier molecular flexibility index (Phi) is 4.45. The minimum atomic E-state index is -0.331. The summed E-state index contributed by atoms with van der Waals surface area (Å²) >= 11 is 0. The van der Waals surface area contributed by atoms with Crippen molar-refractivity contribution in [2.75, 3.05) is 19.6 Å². The first-order valence-corrected chi connectivity index (χ1v) is 10.8. The number of nitrogens with zero attached hydrogens (tertiary/aromatic N) is 2. The minimum Gasteiger partial charge on any atom is -0.342 e. The Hall–Kier alpha value is -2.62. The Morgan fingerprint density at radius 1 is 0.931 bits per heavy atom. The first-order chi connectivity index (χ1) is 14.0. The monoisotopic (exact) mass is 388 g/mol. The Bertz CT molecular complexity index is 959. The quantitative estimate of drug-likeness (QED) is 0.740. The molecule has 0 unspecified atom stereocenters. The van der Waals surface area contributed by atoms with Crippen LogP contribution in [0.1, 0.15) is 59.3 Å². The molecule has 0 aromatic heterocycles. The van der Waals surface area contributed by atoms with Crippen molar-refractivity contribution in [1.82, 2.24) is 9.80 Å². The number of carbonyl (C=O) groups excluding carboxylic acids is 2. The number of piperidine rings is 1. The van der Waals surface area contributed by atoms with Crippen LogP contribution in [-0.4, -0.2) is 41.2 Å². The fourth-order valence-electron chi connectivity index (χ4n) is 5.78. The van der Waals surface area contributed by atoms with Crippen LogP contribution in [0.25, 0.3) is 0 Å². The lowest BCUT2D eigenvalue weighted by Crippen LogP contribution is -2.52. The van der Waals surface area contributed by atoms with E-state index in [1.54, 1.807) is 0 Å². The second-order valence-corrected chi connectivity index (χ2v) is 9.15. The van der Waals surface area contributed by atoms with Gasteiger partial charge in [-0.3, -0.25) is 9.59 Å². The Morgan fingerprint density at radius 3 is 2.34 bits per heavy atom. The minimum absolute atomic E-state index is 0.0598. The van der Waals surface area contributed by atoms with Gasteiger partial charge in [-0.25, -0.2) is 0 Å². The van der Waals surface area contributed by atoms with Crippen LogP contribution >= 0.6 is 0 Å². The zero-order valence-electron chi connectivity index (χ0n) is 17.2. The van der Waals surface area contributed by atoms with E-state index in [4.69, 9.17) is 0 Å². The van der Waals surface area contributed by atoms with E-state index in [-0.39, 0.29) is 23.8 Å². The molecule has 2 aromatic carbocycles. The molecule has 3 aliphatic heterocycles. The van der Waals surface area contributed by atoms with Crippen LogP contribution in [0.5, 0.6) is 0 Å². The summed E-state index contributed by atoms with van der Waals surface area (Å²) in [7, 11) is 0. The van der Waals surface area contributed by atoms with E-state index in [1.807, 2.05) is 35.2 Å². The van der Waals surface area contributed by atoms with Gasteiger partial charge in [0.2, 0.25) is 5.91 Å². The molecule has 29 heavy (non-hydrogen) atoms. The van der Waals surface area contributed by atoms with Crippen molar-refractivity contribution in [2.45, 2.75) is 38.6 Å². The second-order valence-electron chi connectivity index (χ2n) is 9.15. The van der Waals surface area contributed by atoms with Crippen molar-refractivity contribution in [3.8, 4) is 0 Å². The fourth-order valence-corrected chi connectivity index (χ4v) is 5.78. The summed E-state index contributed by atoms with van der Waals surface area (Å²) in [6.45, 7) is 6.76. The van der Waals surface area contributed by atoms with Gasteiger partial charge >= 0.3 is 0 Å². The van der Waals surface area contributed by atoms with E-state index in [9.17, 15) is 9.59 Å². The summed E-state index contributed by atoms with van der Waals surface area (Å²) in [4.78, 5) is 31.3. The molecule has 150 valence electrons. The van der Waals surface area contributed by atoms with Crippen LogP contribution in [0.3, 0.4) is 0 Å². The van der Waals surface area contributed by atoms with Gasteiger partial charge in [-0.2, -0.15) is 0 Å². The van der Waals surface area contributed by atoms with E-state index in [1.165, 1.54) is 12.0 Å². The molecule has 3 aliphatic rings. The van der Waals surface area contributed by atoms with Crippen molar-refractivity contribution in [1.29, 1.82) is 0 Å². The van der Waals surface area contributed by atoms with Crippen molar-refractivity contribution < 1.29 is 9.59 Å². The summed E-state index contributed by atoms with van der Waals surface area (Å²) in [6.07, 6.45) is 2.02. The highest BCUT2D eigenvalue weighted by atomic mass is 16.2. The van der Waals surface area contributed by atoms with Crippen molar-refractivity contribution in [3.63, 3.8) is 0 Å². The number of fused-ring (bicyclic) bond motifs is 4. The Labute approximate surface area is 172 Å². The number of likely N-dealkylation sites (tertiary alicyclic amines) is 1. The van der Waals surface area contributed by atoms with Crippen molar-refractivity contribution in [2.24, 2.45) is 11.8 Å². The smallest absolute Gasteiger partial charge is 0.254 e. The molecule has 0 radical (unpaired) electrons. The van der Waals surface area contributed by atoms with Crippen molar-refractivity contribution in [3.05, 3.63) is 70.8 Å². The molecule has 5 rings (SSSR count). The van der Waals surface area contributed by atoms with Crippen molar-refractivity contribution >= 4 is 11.8 Å². The van der Waals surface area contributed by atoms with Crippen LogP contribution in [0.4, 0.5) is 0 Å². The van der Waals surface area contributed by atoms with E-state index >= 15 is 0 Å². The van der Waals surface area contributed by atoms with Crippen LogP contribution in [0, 0.1) is 11.8 Å². The zero-order valence-corrected chi connectivity index (χ0v) is 17.2. The molecule has 2 aromatic rings. The predicted octanol–water partition coefficient (Wildman–Crippen LogP) is 4.03. The predicted molar refractivity (Wildman–Crippen MR) is 113 cm³/mol. The molecule has 3 heterocycles. The molecule has 0 aliphatic carbocycles. The zero-order chi connectivity index (χ0) is 20.1. The normalized spacial score (nSPS) is 28.4. The molecule has 0 spiro atoms. The van der Waals surface area contributed by atoms with Gasteiger partial charge in [0.25, 0.3) is 5.91 Å². The summed E-state index contributed by atoms with van der Waals surface area (Å²) in [5.74, 6) is 0.929. The maximum Gasteiger partial charge on any atom is 0.254 e. The van der Waals surface area contributed by atoms with Gasteiger partial charge in [-0.05, 0) is 47.4 Å². The van der Waals surface area contributed by atoms with Gasteiger partial charge in [-0.1, -0.05) is 56.3 Å². The van der Waals surface area contributed by atoms with Gasteiger partial charge < -0.3 is 9.80 Å². The van der Waals surface area contributed by atoms with Gasteiger partial charge in [0, 0.05) is 25.2 Å². The molecule has 4 atom stereocenters. The summed E-state index contributed by atoms with van der Waals surface area (Å²) in [5, 5.41) is 0. The lowest BCUT2D eigenvalue weighted by Gasteiger charge is -2.47. The van der Waals surface area contributed by atoms with Gasteiger partial charge in [0.1, 0.15) is 0 Å². The highest BCUT2D eigenvalue weighted by molar-refractivity contribution is 6.01. The third-order valence-corrected chi connectivity index (χ3v) is 6.88. The molecular formula is C25H28N2O2. The van der Waals surface area contributed by atoms with E-state index in [0.717, 1.165) is 30.6 Å². The lowest BCUT2D eigenvalue weighted by atomic mass is 9.75. The molecule has 0 bridgehead atoms. The van der Waals surface area contributed by atoms with Crippen LogP contribution < -0.4 is 0 Å². The highest BCUT2D eigenvalue weighted by Crippen LogP contribution is 2.47. The molecule has 4 nitrogen and oxygen atoms in total. The van der Waals surface area contributed by atoms with E-state index < -0.39 is 0 Å². The van der Waals surface area contributed by atoms with Crippen LogP contribution in [-0.2, 0) is 11.2 Å². The van der Waals surface area contributed by atoms with Crippen LogP contribution in [0.15, 0.2) is 48.5 Å². The fraction of sp³-hybridized carbons (Fsp3) is 0.440. The number of rotatable bonds is 1. The van der Waals surface area contributed by atoms with E-state index in [0.29, 0.717) is 23.9 Å². The molecule has 0 saturated carbocycles. The SMILES string of the molecule is C[C@@H]1C[C@H](C)CN(C(=O)[C@@H]2c3ccccc3C(=O)N3CCc4ccccc4[C@H]23)C1. The van der Waals surface area contributed by atoms with E-state index in [2.05, 4.69) is 36.9 Å². The third kappa shape index (κ3) is 2.97. The maximum absolute atomic E-state index is 14.0. The molecular weight excluding hydrogens is 360 g/mol. The van der Waals surface area contributed by atoms with Gasteiger partial charge in [0.05, 0.1) is 12.0 Å². The first-order valence-electron chi connectivity index (χ1n) is 10.8. The number of carbonyl (C=O) groups is 2. The second kappa shape index (κ2) is 7.01. The summed E-state index contributed by atoms with van der Waals surface area (Å²) in [5.41, 5.74) is 3.99. The summed E-state index contributed by atoms with van der Waals surface area (Å²) < 4.78 is 0. The number of amides is 2. The molecule has 2 amide bonds. The largest absolute Gasteiger partial charge is 0.342 e. The highest BCUT2D eigenvalue weighted by Gasteiger charge is 2.47. The van der Waals surface area contributed by atoms with Gasteiger partial charge in [-0.15, -0.1) is 0 Å². The summed E-state index contributed by atoms with van der Waals surface area (Å²) in [6, 6.07) is 15.9. The molecule has 1 saturated heterocycles. The Balaban J connectivity index is 1.64. The average molecular weight is 389 g/mol. The molecule has 1 fully saturated rings. The third-order valence-electron chi connectivity index (χ3n) is 6.88. The average Bonchev–Trinajstić information content (AvgIpc) is 2.73. The Morgan fingerprint density at radius 2 is 1.59 bits per heavy atom. The van der Waals surface area contributed by atoms with Crippen LogP contribution in [0.2, 0.25) is 0 Å². The molecule has 0 N–H and O–H groups in total. The lowest BCUT2D eigenvalue weighted by molar-refractivity contribution is -0.137. The number of hydrogen-bond donors (Lipinski definition) is 0. The number of benzene rings is 2. The van der Waals surface area contributed by atoms with Gasteiger partial charge in [0.15, 0.2) is 0 Å².